The average Bonchev–Trinajstić information content (AvgIpc) is 2.15. The van der Waals surface area contributed by atoms with Gasteiger partial charge in [-0.05, 0) is 26.8 Å². The molecular weight excluding hydrogens is 191 g/mol. The number of pyridine rings is 1. The topological polar surface area (TPSA) is 66.1 Å². The molecule has 0 aliphatic heterocycles. The SMILES string of the molecule is CC(C)(C)OB(O)c1ccc(C#N)nc1. The lowest BCUT2D eigenvalue weighted by atomic mass is 9.79. The molecule has 0 saturated heterocycles. The Hall–Kier alpha value is -1.38. The van der Waals surface area contributed by atoms with Crippen molar-refractivity contribution in [2.75, 3.05) is 0 Å². The van der Waals surface area contributed by atoms with E-state index in [4.69, 9.17) is 9.92 Å². The summed E-state index contributed by atoms with van der Waals surface area (Å²) >= 11 is 0. The van der Waals surface area contributed by atoms with Crippen molar-refractivity contribution in [3.8, 4) is 6.07 Å². The molecule has 0 unspecified atom stereocenters. The zero-order chi connectivity index (χ0) is 11.5. The molecule has 0 aromatic carbocycles. The van der Waals surface area contributed by atoms with Gasteiger partial charge < -0.3 is 9.68 Å². The summed E-state index contributed by atoms with van der Waals surface area (Å²) in [5.41, 5.74) is 0.443. The van der Waals surface area contributed by atoms with Crippen molar-refractivity contribution in [1.29, 1.82) is 5.26 Å². The molecule has 1 N–H and O–H groups in total. The van der Waals surface area contributed by atoms with Crippen LogP contribution in [0.5, 0.6) is 0 Å². The Morgan fingerprint density at radius 1 is 1.47 bits per heavy atom. The Bertz CT molecular complexity index is 364. The minimum atomic E-state index is -1.01. The molecule has 1 heterocycles. The first-order chi connectivity index (χ1) is 6.92. The molecule has 78 valence electrons. The van der Waals surface area contributed by atoms with Gasteiger partial charge in [-0.2, -0.15) is 5.26 Å². The molecule has 1 rings (SSSR count). The number of nitrogens with zero attached hydrogens (tertiary/aromatic N) is 2. The maximum Gasteiger partial charge on any atom is 0.493 e. The summed E-state index contributed by atoms with van der Waals surface area (Å²) in [5, 5.41) is 18.2. The van der Waals surface area contributed by atoms with Crippen molar-refractivity contribution >= 4 is 12.6 Å². The normalized spacial score (nSPS) is 10.9. The van der Waals surface area contributed by atoms with Crippen molar-refractivity contribution in [1.82, 2.24) is 4.98 Å². The smallest absolute Gasteiger partial charge is 0.423 e. The van der Waals surface area contributed by atoms with Crippen LogP contribution < -0.4 is 5.46 Å². The first kappa shape index (κ1) is 11.7. The van der Waals surface area contributed by atoms with E-state index in [1.165, 1.54) is 6.20 Å². The molecule has 0 fully saturated rings. The Labute approximate surface area is 89.7 Å². The van der Waals surface area contributed by atoms with Crippen LogP contribution in [-0.2, 0) is 4.65 Å². The summed E-state index contributed by atoms with van der Waals surface area (Å²) in [6.07, 6.45) is 1.44. The lowest BCUT2D eigenvalue weighted by molar-refractivity contribution is 0.107. The largest absolute Gasteiger partial charge is 0.493 e. The second-order valence-electron chi connectivity index (χ2n) is 4.17. The molecule has 0 aliphatic carbocycles. The van der Waals surface area contributed by atoms with Crippen molar-refractivity contribution in [2.24, 2.45) is 0 Å². The molecule has 0 atom stereocenters. The Kier molecular flexibility index (Phi) is 3.45. The van der Waals surface area contributed by atoms with Crippen LogP contribution in [0, 0.1) is 11.3 Å². The van der Waals surface area contributed by atoms with Gasteiger partial charge in [0, 0.05) is 17.3 Å². The van der Waals surface area contributed by atoms with Gasteiger partial charge in [0.25, 0.3) is 0 Å². The Morgan fingerprint density at radius 2 is 2.13 bits per heavy atom. The number of aromatic nitrogens is 1. The van der Waals surface area contributed by atoms with E-state index >= 15 is 0 Å². The molecule has 5 heteroatoms. The highest BCUT2D eigenvalue weighted by molar-refractivity contribution is 6.59. The van der Waals surface area contributed by atoms with Gasteiger partial charge in [0.15, 0.2) is 0 Å². The quantitative estimate of drug-likeness (QED) is 0.710. The van der Waals surface area contributed by atoms with Crippen LogP contribution >= 0.6 is 0 Å². The Morgan fingerprint density at radius 3 is 2.53 bits per heavy atom. The van der Waals surface area contributed by atoms with E-state index in [0.29, 0.717) is 11.2 Å². The first-order valence-corrected chi connectivity index (χ1v) is 4.64. The minimum absolute atomic E-state index is 0.321. The van der Waals surface area contributed by atoms with Gasteiger partial charge in [-0.25, -0.2) is 4.98 Å². The van der Waals surface area contributed by atoms with Gasteiger partial charge in [0.2, 0.25) is 0 Å². The molecule has 15 heavy (non-hydrogen) atoms. The van der Waals surface area contributed by atoms with E-state index in [1.807, 2.05) is 26.8 Å². The molecule has 0 aliphatic rings. The zero-order valence-electron chi connectivity index (χ0n) is 9.06. The summed E-state index contributed by atoms with van der Waals surface area (Å²) in [6, 6.07) is 5.08. The third-order valence-corrected chi connectivity index (χ3v) is 1.65. The van der Waals surface area contributed by atoms with Crippen LogP contribution in [-0.4, -0.2) is 22.7 Å². The van der Waals surface area contributed by atoms with E-state index in [1.54, 1.807) is 12.1 Å². The fourth-order valence-corrected chi connectivity index (χ4v) is 1.02. The van der Waals surface area contributed by atoms with Crippen LogP contribution in [0.25, 0.3) is 0 Å². The average molecular weight is 204 g/mol. The van der Waals surface area contributed by atoms with Gasteiger partial charge >= 0.3 is 7.12 Å². The van der Waals surface area contributed by atoms with E-state index in [2.05, 4.69) is 4.98 Å². The minimum Gasteiger partial charge on any atom is -0.423 e. The highest BCUT2D eigenvalue weighted by atomic mass is 16.5. The molecule has 0 amide bonds. The van der Waals surface area contributed by atoms with Crippen molar-refractivity contribution in [3.63, 3.8) is 0 Å². The maximum absolute atomic E-state index is 9.67. The molecule has 1 aromatic heterocycles. The lowest BCUT2D eigenvalue weighted by Gasteiger charge is -2.22. The summed E-state index contributed by atoms with van der Waals surface area (Å²) in [7, 11) is -1.01. The number of rotatable bonds is 2. The Balaban J connectivity index is 2.75. The second-order valence-corrected chi connectivity index (χ2v) is 4.17. The van der Waals surface area contributed by atoms with Crippen LogP contribution in [0.15, 0.2) is 18.3 Å². The number of nitriles is 1. The summed E-state index contributed by atoms with van der Waals surface area (Å²) in [5.74, 6) is 0. The molecule has 4 nitrogen and oxygen atoms in total. The molecule has 0 radical (unpaired) electrons. The summed E-state index contributed by atoms with van der Waals surface area (Å²) in [6.45, 7) is 5.56. The third kappa shape index (κ3) is 3.70. The van der Waals surface area contributed by atoms with E-state index in [9.17, 15) is 5.02 Å². The molecule has 1 aromatic rings. The second kappa shape index (κ2) is 4.43. The molecule has 0 saturated carbocycles. The van der Waals surface area contributed by atoms with Gasteiger partial charge in [-0.15, -0.1) is 0 Å². The fourth-order valence-electron chi connectivity index (χ4n) is 1.02. The van der Waals surface area contributed by atoms with Crippen molar-refractivity contribution < 1.29 is 9.68 Å². The molecule has 0 bridgehead atoms. The fraction of sp³-hybridized carbons (Fsp3) is 0.400. The molecular formula is C10H13BN2O2. The summed E-state index contributed by atoms with van der Waals surface area (Å²) < 4.78 is 5.33. The maximum atomic E-state index is 9.67. The van der Waals surface area contributed by atoms with Crippen LogP contribution in [0.3, 0.4) is 0 Å². The van der Waals surface area contributed by atoms with Gasteiger partial charge in [-0.1, -0.05) is 6.07 Å². The number of hydrogen-bond donors (Lipinski definition) is 1. The van der Waals surface area contributed by atoms with Gasteiger partial charge in [0.1, 0.15) is 11.8 Å². The third-order valence-electron chi connectivity index (χ3n) is 1.65. The van der Waals surface area contributed by atoms with Crippen LogP contribution in [0.4, 0.5) is 0 Å². The van der Waals surface area contributed by atoms with E-state index in [-0.39, 0.29) is 0 Å². The number of hydrogen-bond acceptors (Lipinski definition) is 4. The van der Waals surface area contributed by atoms with Crippen LogP contribution in [0.1, 0.15) is 26.5 Å². The summed E-state index contributed by atoms with van der Waals surface area (Å²) in [4.78, 5) is 3.85. The lowest BCUT2D eigenvalue weighted by Crippen LogP contribution is -2.40. The highest BCUT2D eigenvalue weighted by Gasteiger charge is 2.23. The highest BCUT2D eigenvalue weighted by Crippen LogP contribution is 2.07. The molecule has 0 spiro atoms. The van der Waals surface area contributed by atoms with Crippen molar-refractivity contribution in [3.05, 3.63) is 24.0 Å². The predicted molar refractivity (Wildman–Crippen MR) is 57.4 cm³/mol. The standard InChI is InChI=1S/C10H13BN2O2/c1-10(2,3)15-11(14)8-4-5-9(6-12)13-7-8/h4-5,7,14H,1-3H3. The van der Waals surface area contributed by atoms with E-state index < -0.39 is 12.7 Å². The van der Waals surface area contributed by atoms with Crippen LogP contribution in [0.2, 0.25) is 0 Å². The zero-order valence-corrected chi connectivity index (χ0v) is 9.06. The first-order valence-electron chi connectivity index (χ1n) is 4.64. The monoisotopic (exact) mass is 204 g/mol. The van der Waals surface area contributed by atoms with Gasteiger partial charge in [-0.3, -0.25) is 0 Å². The van der Waals surface area contributed by atoms with E-state index in [0.717, 1.165) is 0 Å². The van der Waals surface area contributed by atoms with Crippen molar-refractivity contribution in [2.45, 2.75) is 26.4 Å². The predicted octanol–water partition coefficient (Wildman–Crippen LogP) is 0.456. The van der Waals surface area contributed by atoms with Gasteiger partial charge in [0.05, 0.1) is 0 Å².